The van der Waals surface area contributed by atoms with Gasteiger partial charge in [0.15, 0.2) is 0 Å². The molecule has 1 saturated carbocycles. The van der Waals surface area contributed by atoms with Crippen molar-refractivity contribution in [3.63, 3.8) is 0 Å². The van der Waals surface area contributed by atoms with Gasteiger partial charge >= 0.3 is 0 Å². The molecule has 0 amide bonds. The Morgan fingerprint density at radius 3 is 2.64 bits per heavy atom. The molecule has 82 valence electrons. The number of nitrogens with one attached hydrogen (secondary N) is 1. The minimum Gasteiger partial charge on any atom is -0.393 e. The number of aliphatic hydroxyl groups is 1. The van der Waals surface area contributed by atoms with E-state index in [4.69, 9.17) is 4.74 Å². The molecule has 0 aromatic heterocycles. The summed E-state index contributed by atoms with van der Waals surface area (Å²) in [7, 11) is 0. The van der Waals surface area contributed by atoms with Gasteiger partial charge in [-0.2, -0.15) is 0 Å². The number of quaternary nitrogens is 1. The second-order valence-corrected chi connectivity index (χ2v) is 4.71. The highest BCUT2D eigenvalue weighted by Crippen LogP contribution is 2.26. The van der Waals surface area contributed by atoms with Crippen LogP contribution in [0.1, 0.15) is 26.2 Å². The Labute approximate surface area is 86.0 Å². The average Bonchev–Trinajstić information content (AvgIpc) is 2.67. The highest BCUT2D eigenvalue weighted by Gasteiger charge is 2.38. The van der Waals surface area contributed by atoms with Crippen LogP contribution < -0.4 is 4.90 Å². The summed E-state index contributed by atoms with van der Waals surface area (Å²) in [5.74, 6) is 0.531. The first-order chi connectivity index (χ1) is 6.79. The maximum Gasteiger partial charge on any atom is 0.101 e. The zero-order chi connectivity index (χ0) is 9.97. The minimum atomic E-state index is -0.127. The molecule has 2 aliphatic rings. The van der Waals surface area contributed by atoms with E-state index >= 15 is 0 Å². The lowest BCUT2D eigenvalue weighted by Crippen LogP contribution is -3.18. The molecular formula is C11H22NO2+. The van der Waals surface area contributed by atoms with E-state index in [0.717, 1.165) is 26.3 Å². The smallest absolute Gasteiger partial charge is 0.101 e. The van der Waals surface area contributed by atoms with Crippen LogP contribution in [0.2, 0.25) is 0 Å². The number of ether oxygens (including phenoxy) is 1. The lowest BCUT2D eigenvalue weighted by molar-refractivity contribution is -0.936. The molecular weight excluding hydrogens is 178 g/mol. The van der Waals surface area contributed by atoms with Gasteiger partial charge in [0.05, 0.1) is 25.4 Å². The minimum absolute atomic E-state index is 0.127. The summed E-state index contributed by atoms with van der Waals surface area (Å²) in [6, 6.07) is 0.693. The summed E-state index contributed by atoms with van der Waals surface area (Å²) < 4.78 is 5.37. The number of morpholine rings is 1. The highest BCUT2D eigenvalue weighted by atomic mass is 16.5. The molecule has 0 spiro atoms. The molecule has 2 fully saturated rings. The van der Waals surface area contributed by atoms with Crippen molar-refractivity contribution in [3.05, 3.63) is 0 Å². The van der Waals surface area contributed by atoms with Crippen LogP contribution in [0, 0.1) is 5.92 Å². The van der Waals surface area contributed by atoms with Crippen molar-refractivity contribution in [1.29, 1.82) is 0 Å². The standard InChI is InChI=1S/C11H21NO2/c1-9(13)10-3-2-4-11(10)12-5-7-14-8-6-12/h9-11,13H,2-8H2,1H3/p+1/t9-,10-,11+/m1/s1. The van der Waals surface area contributed by atoms with Crippen LogP contribution in [-0.2, 0) is 4.74 Å². The first-order valence-electron chi connectivity index (χ1n) is 5.89. The van der Waals surface area contributed by atoms with Gasteiger partial charge in [0.25, 0.3) is 0 Å². The van der Waals surface area contributed by atoms with E-state index in [1.54, 1.807) is 4.90 Å². The second kappa shape index (κ2) is 4.60. The summed E-state index contributed by atoms with van der Waals surface area (Å²) in [4.78, 5) is 1.67. The van der Waals surface area contributed by atoms with E-state index in [2.05, 4.69) is 0 Å². The number of rotatable bonds is 2. The fourth-order valence-electron chi connectivity index (χ4n) is 3.08. The third-order valence-electron chi connectivity index (χ3n) is 3.85. The van der Waals surface area contributed by atoms with Crippen LogP contribution in [0.25, 0.3) is 0 Å². The van der Waals surface area contributed by atoms with Crippen LogP contribution in [0.15, 0.2) is 0 Å². The summed E-state index contributed by atoms with van der Waals surface area (Å²) in [6.45, 7) is 6.02. The summed E-state index contributed by atoms with van der Waals surface area (Å²) in [5.41, 5.74) is 0. The quantitative estimate of drug-likeness (QED) is 0.627. The normalized spacial score (nSPS) is 37.3. The Kier molecular flexibility index (Phi) is 3.42. The predicted molar refractivity (Wildman–Crippen MR) is 54.3 cm³/mol. The third-order valence-corrected chi connectivity index (χ3v) is 3.85. The Hall–Kier alpha value is -0.120. The van der Waals surface area contributed by atoms with Crippen LogP contribution in [0.5, 0.6) is 0 Å². The highest BCUT2D eigenvalue weighted by molar-refractivity contribution is 4.80. The predicted octanol–water partition coefficient (Wildman–Crippen LogP) is -0.549. The zero-order valence-electron chi connectivity index (χ0n) is 9.04. The topological polar surface area (TPSA) is 33.9 Å². The van der Waals surface area contributed by atoms with E-state index in [-0.39, 0.29) is 6.10 Å². The van der Waals surface area contributed by atoms with Crippen molar-refractivity contribution < 1.29 is 14.7 Å². The molecule has 2 rings (SSSR count). The Balaban J connectivity index is 1.94. The van der Waals surface area contributed by atoms with Crippen molar-refractivity contribution in [2.45, 2.75) is 38.3 Å². The molecule has 1 aliphatic carbocycles. The van der Waals surface area contributed by atoms with Gasteiger partial charge < -0.3 is 14.7 Å². The monoisotopic (exact) mass is 200 g/mol. The first-order valence-corrected chi connectivity index (χ1v) is 5.89. The lowest BCUT2D eigenvalue weighted by atomic mass is 9.96. The van der Waals surface area contributed by atoms with E-state index in [9.17, 15) is 5.11 Å². The van der Waals surface area contributed by atoms with E-state index in [1.165, 1.54) is 19.3 Å². The summed E-state index contributed by atoms with van der Waals surface area (Å²) in [5, 5.41) is 9.71. The molecule has 14 heavy (non-hydrogen) atoms. The van der Waals surface area contributed by atoms with Gasteiger partial charge in [-0.15, -0.1) is 0 Å². The molecule has 0 bridgehead atoms. The van der Waals surface area contributed by atoms with Crippen molar-refractivity contribution in [1.82, 2.24) is 0 Å². The summed E-state index contributed by atoms with van der Waals surface area (Å²) in [6.07, 6.45) is 3.68. The average molecular weight is 200 g/mol. The number of hydrogen-bond donors (Lipinski definition) is 2. The maximum absolute atomic E-state index is 9.71. The van der Waals surface area contributed by atoms with Crippen LogP contribution >= 0.6 is 0 Å². The van der Waals surface area contributed by atoms with Crippen LogP contribution in [0.3, 0.4) is 0 Å². The molecule has 0 radical (unpaired) electrons. The molecule has 3 heteroatoms. The van der Waals surface area contributed by atoms with E-state index < -0.39 is 0 Å². The molecule has 2 N–H and O–H groups in total. The van der Waals surface area contributed by atoms with E-state index in [1.807, 2.05) is 6.92 Å². The molecule has 3 atom stereocenters. The fourth-order valence-corrected chi connectivity index (χ4v) is 3.08. The fraction of sp³-hybridized carbons (Fsp3) is 1.00. The van der Waals surface area contributed by atoms with E-state index in [0.29, 0.717) is 12.0 Å². The van der Waals surface area contributed by atoms with Gasteiger partial charge in [0.2, 0.25) is 0 Å². The second-order valence-electron chi connectivity index (χ2n) is 4.71. The first kappa shape index (κ1) is 10.4. The SMILES string of the molecule is C[C@@H](O)[C@H]1CCC[C@@H]1[NH+]1CCOCC1. The molecule has 3 nitrogen and oxygen atoms in total. The number of aliphatic hydroxyl groups excluding tert-OH is 1. The van der Waals surface area contributed by atoms with Crippen molar-refractivity contribution in [2.24, 2.45) is 5.92 Å². The van der Waals surface area contributed by atoms with Crippen molar-refractivity contribution in [3.8, 4) is 0 Å². The van der Waals surface area contributed by atoms with Gasteiger partial charge in [-0.05, 0) is 26.2 Å². The van der Waals surface area contributed by atoms with Crippen LogP contribution in [0.4, 0.5) is 0 Å². The molecule has 0 aromatic rings. The Bertz CT molecular complexity index is 178. The van der Waals surface area contributed by atoms with Crippen LogP contribution in [-0.4, -0.2) is 43.6 Å². The van der Waals surface area contributed by atoms with Crippen molar-refractivity contribution >= 4 is 0 Å². The van der Waals surface area contributed by atoms with Crippen molar-refractivity contribution in [2.75, 3.05) is 26.3 Å². The number of hydrogen-bond acceptors (Lipinski definition) is 2. The molecule has 1 saturated heterocycles. The zero-order valence-corrected chi connectivity index (χ0v) is 9.04. The van der Waals surface area contributed by atoms with Gasteiger partial charge in [0.1, 0.15) is 13.1 Å². The maximum atomic E-state index is 9.71. The molecule has 1 aliphatic heterocycles. The van der Waals surface area contributed by atoms with Gasteiger partial charge in [-0.3, -0.25) is 0 Å². The molecule has 0 aromatic carbocycles. The van der Waals surface area contributed by atoms with Gasteiger partial charge in [0, 0.05) is 5.92 Å². The largest absolute Gasteiger partial charge is 0.393 e. The third kappa shape index (κ3) is 2.10. The summed E-state index contributed by atoms with van der Waals surface area (Å²) >= 11 is 0. The molecule has 0 unspecified atom stereocenters. The Morgan fingerprint density at radius 2 is 2.00 bits per heavy atom. The lowest BCUT2D eigenvalue weighted by Gasteiger charge is -2.33. The van der Waals surface area contributed by atoms with Gasteiger partial charge in [-0.1, -0.05) is 0 Å². The Morgan fingerprint density at radius 1 is 1.29 bits per heavy atom. The molecule has 1 heterocycles. The van der Waals surface area contributed by atoms with Gasteiger partial charge in [-0.25, -0.2) is 0 Å².